The quantitative estimate of drug-likeness (QED) is 0.499. The molecular formula is C21H27N3O5S2. The first-order valence-electron chi connectivity index (χ1n) is 9.81. The topological polar surface area (TPSA) is 109 Å². The molecule has 1 amide bonds. The van der Waals surface area contributed by atoms with Crippen LogP contribution in [0.3, 0.4) is 0 Å². The first kappa shape index (κ1) is 23.5. The Morgan fingerprint density at radius 2 is 1.87 bits per heavy atom. The van der Waals surface area contributed by atoms with Crippen LogP contribution < -0.4 is 10.2 Å². The maximum Gasteiger partial charge on any atom is 0.263 e. The molecule has 1 aromatic carbocycles. The van der Waals surface area contributed by atoms with Crippen molar-refractivity contribution in [2.45, 2.75) is 50.0 Å². The van der Waals surface area contributed by atoms with E-state index in [1.807, 2.05) is 26.0 Å². The molecule has 1 aliphatic rings. The van der Waals surface area contributed by atoms with Crippen LogP contribution in [-0.4, -0.2) is 51.9 Å². The molecule has 0 spiro atoms. The number of nitrogens with one attached hydrogen (secondary N) is 1. The van der Waals surface area contributed by atoms with Crippen LogP contribution in [0.2, 0.25) is 0 Å². The van der Waals surface area contributed by atoms with E-state index >= 15 is 0 Å². The zero-order valence-electron chi connectivity index (χ0n) is 18.0. The lowest BCUT2D eigenvalue weighted by molar-refractivity contribution is -0.134. The zero-order valence-corrected chi connectivity index (χ0v) is 19.6. The van der Waals surface area contributed by atoms with Gasteiger partial charge in [0.15, 0.2) is 0 Å². The Balaban J connectivity index is 1.79. The number of aryl methyl sites for hydroxylation is 2. The summed E-state index contributed by atoms with van der Waals surface area (Å²) < 4.78 is 32.8. The van der Waals surface area contributed by atoms with Crippen LogP contribution in [0, 0.1) is 13.8 Å². The van der Waals surface area contributed by atoms with Gasteiger partial charge in [0, 0.05) is 28.4 Å². The number of nitrogens with zero attached hydrogens (tertiary/aromatic N) is 2. The van der Waals surface area contributed by atoms with Crippen LogP contribution in [0.5, 0.6) is 5.75 Å². The van der Waals surface area contributed by atoms with Crippen LogP contribution in [0.15, 0.2) is 41.3 Å². The van der Waals surface area contributed by atoms with Gasteiger partial charge in [0.05, 0.1) is 4.90 Å². The summed E-state index contributed by atoms with van der Waals surface area (Å²) in [5.41, 5.74) is 4.40. The Labute approximate surface area is 187 Å². The predicted molar refractivity (Wildman–Crippen MR) is 119 cm³/mol. The number of carbonyl (C=O) groups excluding carboxylic acids is 1. The Hall–Kier alpha value is -2.14. The first-order valence-corrected chi connectivity index (χ1v) is 12.2. The minimum absolute atomic E-state index is 0.0638. The molecule has 2 heterocycles. The number of hydrogen-bond donors (Lipinski definition) is 2. The number of pyridine rings is 1. The van der Waals surface area contributed by atoms with Gasteiger partial charge >= 0.3 is 0 Å². The molecule has 8 nitrogen and oxygen atoms in total. The molecule has 0 unspecified atom stereocenters. The Morgan fingerprint density at radius 3 is 2.45 bits per heavy atom. The molecule has 168 valence electrons. The molecule has 1 aliphatic heterocycles. The van der Waals surface area contributed by atoms with Crippen molar-refractivity contribution in [3.63, 3.8) is 0 Å². The van der Waals surface area contributed by atoms with Gasteiger partial charge in [-0.3, -0.25) is 15.0 Å². The second-order valence-corrected chi connectivity index (χ2v) is 11.6. The summed E-state index contributed by atoms with van der Waals surface area (Å²) in [5.74, 6) is 0.335. The Morgan fingerprint density at radius 1 is 1.26 bits per heavy atom. The molecular weight excluding hydrogens is 438 g/mol. The summed E-state index contributed by atoms with van der Waals surface area (Å²) in [6.07, 6.45) is 0. The molecule has 0 bridgehead atoms. The van der Waals surface area contributed by atoms with Gasteiger partial charge < -0.3 is 4.74 Å². The third-order valence-corrected chi connectivity index (χ3v) is 8.30. The largest absolute Gasteiger partial charge is 0.489 e. The van der Waals surface area contributed by atoms with Crippen molar-refractivity contribution in [1.82, 2.24) is 14.8 Å². The number of ether oxygens (including phenoxy) is 1. The number of hydrogen-bond acceptors (Lipinski definition) is 7. The number of thioether (sulfide) groups is 1. The van der Waals surface area contributed by atoms with E-state index in [9.17, 15) is 13.2 Å². The minimum atomic E-state index is -3.95. The van der Waals surface area contributed by atoms with Gasteiger partial charge in [-0.25, -0.2) is 13.9 Å². The zero-order chi connectivity index (χ0) is 22.8. The molecule has 31 heavy (non-hydrogen) atoms. The molecule has 0 radical (unpaired) electrons. The number of rotatable bonds is 6. The van der Waals surface area contributed by atoms with Gasteiger partial charge in [0.2, 0.25) is 10.0 Å². The monoisotopic (exact) mass is 465 g/mol. The highest BCUT2D eigenvalue weighted by molar-refractivity contribution is 8.00. The van der Waals surface area contributed by atoms with E-state index < -0.39 is 26.7 Å². The average molecular weight is 466 g/mol. The van der Waals surface area contributed by atoms with Crippen molar-refractivity contribution in [2.75, 3.05) is 12.3 Å². The van der Waals surface area contributed by atoms with Crippen LogP contribution in [0.4, 0.5) is 0 Å². The third-order valence-electron chi connectivity index (χ3n) is 5.07. The summed E-state index contributed by atoms with van der Waals surface area (Å²) in [6, 6.07) is 8.97. The van der Waals surface area contributed by atoms with E-state index in [2.05, 4.69) is 4.98 Å². The van der Waals surface area contributed by atoms with E-state index in [0.717, 1.165) is 21.3 Å². The summed E-state index contributed by atoms with van der Waals surface area (Å²) in [5, 5.41) is 9.15. The molecule has 1 fully saturated rings. The van der Waals surface area contributed by atoms with Crippen molar-refractivity contribution in [3.05, 3.63) is 53.3 Å². The van der Waals surface area contributed by atoms with Gasteiger partial charge in [0.1, 0.15) is 18.4 Å². The van der Waals surface area contributed by atoms with Crippen LogP contribution in [-0.2, 0) is 21.4 Å². The van der Waals surface area contributed by atoms with E-state index in [1.165, 1.54) is 23.9 Å². The van der Waals surface area contributed by atoms with Crippen molar-refractivity contribution >= 4 is 27.7 Å². The molecule has 0 saturated carbocycles. The summed E-state index contributed by atoms with van der Waals surface area (Å²) >= 11 is 1.49. The molecule has 1 aromatic heterocycles. The first-order chi connectivity index (χ1) is 14.5. The molecule has 2 N–H and O–H groups in total. The minimum Gasteiger partial charge on any atom is -0.489 e. The van der Waals surface area contributed by atoms with Gasteiger partial charge in [-0.2, -0.15) is 16.1 Å². The van der Waals surface area contributed by atoms with E-state index in [-0.39, 0.29) is 11.4 Å². The SMILES string of the molecule is Cc1cc(COc2ccc(S(=O)(=O)N3CCSC(C)(C)[C@@H]3C(=O)NO)cc2)cc(C)n1. The van der Waals surface area contributed by atoms with Gasteiger partial charge in [0.25, 0.3) is 5.91 Å². The number of amides is 1. The highest BCUT2D eigenvalue weighted by Gasteiger charge is 2.48. The predicted octanol–water partition coefficient (Wildman–Crippen LogP) is 2.67. The smallest absolute Gasteiger partial charge is 0.263 e. The van der Waals surface area contributed by atoms with E-state index in [1.54, 1.807) is 31.5 Å². The van der Waals surface area contributed by atoms with Crippen molar-refractivity contribution in [1.29, 1.82) is 0 Å². The number of benzene rings is 1. The van der Waals surface area contributed by atoms with E-state index in [0.29, 0.717) is 18.1 Å². The molecule has 1 atom stereocenters. The second kappa shape index (κ2) is 9.15. The van der Waals surface area contributed by atoms with Crippen molar-refractivity contribution < 1.29 is 23.2 Å². The number of aromatic nitrogens is 1. The third kappa shape index (κ3) is 5.20. The summed E-state index contributed by atoms with van der Waals surface area (Å²) in [6.45, 7) is 7.93. The fourth-order valence-electron chi connectivity index (χ4n) is 3.73. The lowest BCUT2D eigenvalue weighted by Crippen LogP contribution is -2.61. The fourth-order valence-corrected chi connectivity index (χ4v) is 6.84. The van der Waals surface area contributed by atoms with E-state index in [4.69, 9.17) is 9.94 Å². The maximum atomic E-state index is 13.3. The van der Waals surface area contributed by atoms with Crippen molar-refractivity contribution in [3.8, 4) is 5.75 Å². The molecule has 0 aliphatic carbocycles. The highest BCUT2D eigenvalue weighted by Crippen LogP contribution is 2.38. The highest BCUT2D eigenvalue weighted by atomic mass is 32.2. The molecule has 3 rings (SSSR count). The number of sulfonamides is 1. The van der Waals surface area contributed by atoms with Gasteiger partial charge in [-0.15, -0.1) is 0 Å². The Bertz CT molecular complexity index is 1030. The molecule has 1 saturated heterocycles. The summed E-state index contributed by atoms with van der Waals surface area (Å²) in [4.78, 5) is 16.7. The standard InChI is InChI=1S/C21H27N3O5S2/c1-14-11-16(12-15(2)22-14)13-29-17-5-7-18(8-6-17)31(27,28)24-9-10-30-21(3,4)19(24)20(25)23-26/h5-8,11-12,19,26H,9-10,13H2,1-4H3,(H,23,25)/t19-/m0/s1. The normalized spacial score (nSPS) is 19.1. The van der Waals surface area contributed by atoms with Gasteiger partial charge in [-0.05, 0) is 69.7 Å². The number of carbonyl (C=O) groups is 1. The molecule has 10 heteroatoms. The number of hydroxylamine groups is 1. The lowest BCUT2D eigenvalue weighted by Gasteiger charge is -2.43. The maximum absolute atomic E-state index is 13.3. The second-order valence-electron chi connectivity index (χ2n) is 7.96. The van der Waals surface area contributed by atoms with Crippen LogP contribution in [0.1, 0.15) is 30.8 Å². The summed E-state index contributed by atoms with van der Waals surface area (Å²) in [7, 11) is -3.95. The fraction of sp³-hybridized carbons (Fsp3) is 0.429. The van der Waals surface area contributed by atoms with Gasteiger partial charge in [-0.1, -0.05) is 0 Å². The molecule has 2 aromatic rings. The van der Waals surface area contributed by atoms with Crippen molar-refractivity contribution in [2.24, 2.45) is 0 Å². The van der Waals surface area contributed by atoms with Crippen LogP contribution >= 0.6 is 11.8 Å². The lowest BCUT2D eigenvalue weighted by atomic mass is 10.0. The average Bonchev–Trinajstić information content (AvgIpc) is 2.70. The Kier molecular flexibility index (Phi) is 6.95. The van der Waals surface area contributed by atoms with Crippen LogP contribution in [0.25, 0.3) is 0 Å².